The topological polar surface area (TPSA) is 58.9 Å². The first-order chi connectivity index (χ1) is 7.88. The van der Waals surface area contributed by atoms with Crippen molar-refractivity contribution >= 4 is 15.9 Å². The second kappa shape index (κ2) is 4.02. The second-order valence-electron chi connectivity index (χ2n) is 3.14. The number of aromatic nitrogens is 2. The van der Waals surface area contributed by atoms with Crippen molar-refractivity contribution in [3.05, 3.63) is 38.8 Å². The van der Waals surface area contributed by atoms with Crippen LogP contribution in [0.1, 0.15) is 5.56 Å². The Morgan fingerprint density at radius 1 is 1.35 bits per heavy atom. The summed E-state index contributed by atoms with van der Waals surface area (Å²) in [6, 6.07) is 3.02. The van der Waals surface area contributed by atoms with Crippen LogP contribution >= 0.6 is 15.9 Å². The quantitative estimate of drug-likeness (QED) is 0.881. The van der Waals surface area contributed by atoms with Crippen LogP contribution in [0.3, 0.4) is 0 Å². The molecule has 1 aromatic carbocycles. The van der Waals surface area contributed by atoms with Crippen LogP contribution in [0.25, 0.3) is 11.4 Å². The Hall–Kier alpha value is -1.57. The summed E-state index contributed by atoms with van der Waals surface area (Å²) in [4.78, 5) is 12.9. The van der Waals surface area contributed by atoms with Gasteiger partial charge in [-0.1, -0.05) is 21.1 Å². The second-order valence-corrected chi connectivity index (χ2v) is 3.99. The zero-order chi connectivity index (χ0) is 12.6. The number of rotatable bonds is 1. The van der Waals surface area contributed by atoms with Gasteiger partial charge in [0.1, 0.15) is 0 Å². The standard InChI is InChI=1S/C9H4BrF3N2O2/c10-6-2-1-4(9(11,12)13)3-5(6)7-14-8(16)17-15-7/h1-3H,(H,14,15,16). The first-order valence-corrected chi connectivity index (χ1v) is 5.10. The normalized spacial score (nSPS) is 11.8. The van der Waals surface area contributed by atoms with Crippen molar-refractivity contribution in [2.24, 2.45) is 0 Å². The van der Waals surface area contributed by atoms with Crippen molar-refractivity contribution in [2.45, 2.75) is 6.18 Å². The zero-order valence-corrected chi connectivity index (χ0v) is 9.59. The lowest BCUT2D eigenvalue weighted by atomic mass is 10.1. The molecule has 0 aliphatic rings. The van der Waals surface area contributed by atoms with E-state index in [2.05, 4.69) is 30.6 Å². The van der Waals surface area contributed by atoms with Crippen LogP contribution in [0.5, 0.6) is 0 Å². The Morgan fingerprint density at radius 2 is 2.06 bits per heavy atom. The van der Waals surface area contributed by atoms with Gasteiger partial charge in [-0.3, -0.25) is 9.51 Å². The van der Waals surface area contributed by atoms with Crippen LogP contribution in [0.15, 0.2) is 32.0 Å². The predicted octanol–water partition coefficient (Wildman–Crippen LogP) is 2.81. The average molecular weight is 309 g/mol. The summed E-state index contributed by atoms with van der Waals surface area (Å²) in [6.45, 7) is 0. The van der Waals surface area contributed by atoms with Gasteiger partial charge in [-0.15, -0.1) is 0 Å². The summed E-state index contributed by atoms with van der Waals surface area (Å²) in [7, 11) is 0. The summed E-state index contributed by atoms with van der Waals surface area (Å²) >= 11 is 3.07. The molecule has 2 aromatic rings. The third-order valence-electron chi connectivity index (χ3n) is 1.99. The van der Waals surface area contributed by atoms with Gasteiger partial charge in [-0.2, -0.15) is 13.2 Å². The summed E-state index contributed by atoms with van der Waals surface area (Å²) in [6.07, 6.45) is -4.46. The molecule has 1 aromatic heterocycles. The van der Waals surface area contributed by atoms with Gasteiger partial charge in [0, 0.05) is 10.0 Å². The Labute approximate surface area is 101 Å². The molecule has 0 fully saturated rings. The SMILES string of the molecule is O=c1[nH]c(-c2cc(C(F)(F)F)ccc2Br)no1. The fourth-order valence-electron chi connectivity index (χ4n) is 1.23. The minimum atomic E-state index is -4.46. The van der Waals surface area contributed by atoms with E-state index in [0.717, 1.165) is 12.1 Å². The number of alkyl halides is 3. The first-order valence-electron chi connectivity index (χ1n) is 4.31. The van der Waals surface area contributed by atoms with E-state index in [0.29, 0.717) is 4.47 Å². The third kappa shape index (κ3) is 2.41. The molecule has 1 heterocycles. The maximum atomic E-state index is 12.5. The smallest absolute Gasteiger partial charge is 0.296 e. The van der Waals surface area contributed by atoms with Crippen molar-refractivity contribution < 1.29 is 17.7 Å². The summed E-state index contributed by atoms with van der Waals surface area (Å²) in [5.41, 5.74) is -0.731. The highest BCUT2D eigenvalue weighted by Gasteiger charge is 2.31. The van der Waals surface area contributed by atoms with Gasteiger partial charge < -0.3 is 0 Å². The third-order valence-corrected chi connectivity index (χ3v) is 2.68. The number of hydrogen-bond acceptors (Lipinski definition) is 3. The number of aromatic amines is 1. The van der Waals surface area contributed by atoms with Crippen molar-refractivity contribution in [3.63, 3.8) is 0 Å². The molecule has 90 valence electrons. The highest BCUT2D eigenvalue weighted by Crippen LogP contribution is 2.34. The molecule has 8 heteroatoms. The fraction of sp³-hybridized carbons (Fsp3) is 0.111. The molecule has 0 aliphatic heterocycles. The lowest BCUT2D eigenvalue weighted by Gasteiger charge is -2.08. The van der Waals surface area contributed by atoms with Crippen LogP contribution in [0, 0.1) is 0 Å². The van der Waals surface area contributed by atoms with Gasteiger partial charge in [0.05, 0.1) is 5.56 Å². The largest absolute Gasteiger partial charge is 0.439 e. The molecule has 4 nitrogen and oxygen atoms in total. The fourth-order valence-corrected chi connectivity index (χ4v) is 1.66. The summed E-state index contributed by atoms with van der Waals surface area (Å²) < 4.78 is 42.1. The number of nitrogens with zero attached hydrogens (tertiary/aromatic N) is 1. The van der Waals surface area contributed by atoms with E-state index < -0.39 is 17.5 Å². The number of halogens is 4. The molecule has 1 N–H and O–H groups in total. The van der Waals surface area contributed by atoms with E-state index in [-0.39, 0.29) is 11.4 Å². The lowest BCUT2D eigenvalue weighted by Crippen LogP contribution is -2.05. The minimum Gasteiger partial charge on any atom is -0.296 e. The van der Waals surface area contributed by atoms with Crippen molar-refractivity contribution in [1.82, 2.24) is 10.1 Å². The zero-order valence-electron chi connectivity index (χ0n) is 8.01. The maximum absolute atomic E-state index is 12.5. The number of benzene rings is 1. The molecule has 0 unspecified atom stereocenters. The number of hydrogen-bond donors (Lipinski definition) is 1. The first kappa shape index (κ1) is 11.9. The van der Waals surface area contributed by atoms with Gasteiger partial charge >= 0.3 is 11.9 Å². The van der Waals surface area contributed by atoms with Crippen LogP contribution < -0.4 is 5.76 Å². The molecule has 0 bridgehead atoms. The van der Waals surface area contributed by atoms with E-state index >= 15 is 0 Å². The Morgan fingerprint density at radius 3 is 2.59 bits per heavy atom. The summed E-state index contributed by atoms with van der Waals surface area (Å²) in [5.74, 6) is -0.891. The molecular weight excluding hydrogens is 305 g/mol. The van der Waals surface area contributed by atoms with Gasteiger partial charge in [0.2, 0.25) is 0 Å². The molecule has 0 saturated carbocycles. The molecule has 0 radical (unpaired) electrons. The Balaban J connectivity index is 2.58. The van der Waals surface area contributed by atoms with E-state index in [1.54, 1.807) is 0 Å². The molecule has 0 amide bonds. The Kier molecular flexibility index (Phi) is 2.82. The van der Waals surface area contributed by atoms with Crippen LogP contribution in [-0.2, 0) is 6.18 Å². The lowest BCUT2D eigenvalue weighted by molar-refractivity contribution is -0.137. The molecule has 0 aliphatic carbocycles. The predicted molar refractivity (Wildman–Crippen MR) is 55.3 cm³/mol. The van der Waals surface area contributed by atoms with Gasteiger partial charge in [-0.05, 0) is 18.2 Å². The van der Waals surface area contributed by atoms with E-state index in [4.69, 9.17) is 0 Å². The molecule has 0 spiro atoms. The van der Waals surface area contributed by atoms with E-state index in [1.807, 2.05) is 0 Å². The van der Waals surface area contributed by atoms with E-state index in [9.17, 15) is 18.0 Å². The maximum Gasteiger partial charge on any atom is 0.439 e. The number of nitrogens with one attached hydrogen (secondary N) is 1. The molecule has 2 rings (SSSR count). The molecule has 0 saturated heterocycles. The van der Waals surface area contributed by atoms with Crippen molar-refractivity contribution in [1.29, 1.82) is 0 Å². The molecule has 17 heavy (non-hydrogen) atoms. The van der Waals surface area contributed by atoms with E-state index in [1.165, 1.54) is 6.07 Å². The van der Waals surface area contributed by atoms with Gasteiger partial charge in [0.15, 0.2) is 5.82 Å². The highest BCUT2D eigenvalue weighted by atomic mass is 79.9. The molecule has 0 atom stereocenters. The highest BCUT2D eigenvalue weighted by molar-refractivity contribution is 9.10. The van der Waals surface area contributed by atoms with Crippen LogP contribution in [-0.4, -0.2) is 10.1 Å². The Bertz CT molecular complexity index is 603. The van der Waals surface area contributed by atoms with Crippen molar-refractivity contribution in [2.75, 3.05) is 0 Å². The monoisotopic (exact) mass is 308 g/mol. The van der Waals surface area contributed by atoms with Crippen molar-refractivity contribution in [3.8, 4) is 11.4 Å². The summed E-state index contributed by atoms with van der Waals surface area (Å²) in [5, 5.41) is 3.33. The van der Waals surface area contributed by atoms with Crippen LogP contribution in [0.2, 0.25) is 0 Å². The van der Waals surface area contributed by atoms with Gasteiger partial charge in [0.25, 0.3) is 0 Å². The average Bonchev–Trinajstić information content (AvgIpc) is 2.63. The van der Waals surface area contributed by atoms with Gasteiger partial charge in [-0.25, -0.2) is 4.79 Å². The molecular formula is C9H4BrF3N2O2. The minimum absolute atomic E-state index is 0.0621. The number of H-pyrrole nitrogens is 1. The van der Waals surface area contributed by atoms with Crippen LogP contribution in [0.4, 0.5) is 13.2 Å².